The highest BCUT2D eigenvalue weighted by atomic mass is 79.9. The predicted octanol–water partition coefficient (Wildman–Crippen LogP) is 2.88. The number of benzene rings is 1. The van der Waals surface area contributed by atoms with Gasteiger partial charge in [-0.3, -0.25) is 5.32 Å². The molecule has 0 aromatic heterocycles. The van der Waals surface area contributed by atoms with Gasteiger partial charge in [0, 0.05) is 11.0 Å². The molecular weight excluding hydrogens is 265 g/mol. The van der Waals surface area contributed by atoms with Crippen LogP contribution in [-0.2, 0) is 4.74 Å². The zero-order valence-electron chi connectivity index (χ0n) is 7.70. The molecule has 1 aromatic carbocycles. The summed E-state index contributed by atoms with van der Waals surface area (Å²) in [5.74, 6) is 0. The van der Waals surface area contributed by atoms with E-state index in [9.17, 15) is 0 Å². The van der Waals surface area contributed by atoms with Crippen molar-refractivity contribution in [2.75, 3.05) is 13.2 Å². The van der Waals surface area contributed by atoms with Gasteiger partial charge in [0.1, 0.15) is 6.23 Å². The maximum Gasteiger partial charge on any atom is 0.134 e. The van der Waals surface area contributed by atoms with Crippen LogP contribution in [0.3, 0.4) is 0 Å². The lowest BCUT2D eigenvalue weighted by atomic mass is 10.2. The Morgan fingerprint density at radius 3 is 2.93 bits per heavy atom. The van der Waals surface area contributed by atoms with Crippen LogP contribution in [0.1, 0.15) is 18.2 Å². The maximum atomic E-state index is 5.59. The summed E-state index contributed by atoms with van der Waals surface area (Å²) in [6.07, 6.45) is 1.18. The molecule has 1 heterocycles. The van der Waals surface area contributed by atoms with Crippen molar-refractivity contribution in [3.8, 4) is 0 Å². The fourth-order valence-corrected chi connectivity index (χ4v) is 1.87. The van der Waals surface area contributed by atoms with E-state index in [4.69, 9.17) is 4.74 Å². The van der Waals surface area contributed by atoms with Gasteiger partial charge >= 0.3 is 0 Å². The van der Waals surface area contributed by atoms with Crippen molar-refractivity contribution >= 4 is 28.3 Å². The van der Waals surface area contributed by atoms with Crippen LogP contribution in [0, 0.1) is 0 Å². The molecule has 0 bridgehead atoms. The van der Waals surface area contributed by atoms with Crippen LogP contribution < -0.4 is 5.32 Å². The second-order valence-electron chi connectivity index (χ2n) is 3.11. The summed E-state index contributed by atoms with van der Waals surface area (Å²) in [6, 6.07) is 8.21. The van der Waals surface area contributed by atoms with E-state index in [0.29, 0.717) is 0 Å². The topological polar surface area (TPSA) is 21.3 Å². The van der Waals surface area contributed by atoms with Gasteiger partial charge in [0.25, 0.3) is 0 Å². The Morgan fingerprint density at radius 2 is 2.29 bits per heavy atom. The summed E-state index contributed by atoms with van der Waals surface area (Å²) in [4.78, 5) is 0. The van der Waals surface area contributed by atoms with Crippen LogP contribution >= 0.6 is 28.3 Å². The zero-order valence-corrected chi connectivity index (χ0v) is 10.1. The van der Waals surface area contributed by atoms with Crippen molar-refractivity contribution in [3.05, 3.63) is 34.3 Å². The minimum Gasteiger partial charge on any atom is -0.359 e. The Morgan fingerprint density at radius 1 is 1.43 bits per heavy atom. The lowest BCUT2D eigenvalue weighted by molar-refractivity contribution is -0.000344. The molecule has 78 valence electrons. The van der Waals surface area contributed by atoms with E-state index in [2.05, 4.69) is 33.4 Å². The fourth-order valence-electron chi connectivity index (χ4n) is 1.45. The molecule has 14 heavy (non-hydrogen) atoms. The average Bonchev–Trinajstić information content (AvgIpc) is 2.19. The van der Waals surface area contributed by atoms with E-state index in [-0.39, 0.29) is 18.6 Å². The Balaban J connectivity index is 0.000000980. The van der Waals surface area contributed by atoms with Crippen LogP contribution in [0.5, 0.6) is 0 Å². The third-order valence-electron chi connectivity index (χ3n) is 2.09. The van der Waals surface area contributed by atoms with E-state index in [1.54, 1.807) is 0 Å². The lowest BCUT2D eigenvalue weighted by Gasteiger charge is -2.24. The molecule has 0 amide bonds. The molecular formula is C10H13BrClNO. The molecule has 0 spiro atoms. The van der Waals surface area contributed by atoms with Gasteiger partial charge in [-0.05, 0) is 24.1 Å². The van der Waals surface area contributed by atoms with Crippen molar-refractivity contribution in [2.45, 2.75) is 12.6 Å². The Hall–Kier alpha value is -0.0900. The number of halogens is 2. The van der Waals surface area contributed by atoms with Crippen LogP contribution in [0.15, 0.2) is 28.7 Å². The van der Waals surface area contributed by atoms with Gasteiger partial charge < -0.3 is 4.74 Å². The standard InChI is InChI=1S/C10H12BrNO.ClH/c11-9-4-1-3-8(7-9)10-12-5-2-6-13-10;/h1,3-4,7,10,12H,2,5-6H2;1H. The smallest absolute Gasteiger partial charge is 0.134 e. The van der Waals surface area contributed by atoms with Crippen LogP contribution in [0.25, 0.3) is 0 Å². The highest BCUT2D eigenvalue weighted by Gasteiger charge is 2.14. The first-order valence-electron chi connectivity index (χ1n) is 4.47. The van der Waals surface area contributed by atoms with Gasteiger partial charge in [-0.2, -0.15) is 0 Å². The molecule has 0 radical (unpaired) electrons. The first kappa shape index (κ1) is 12.0. The highest BCUT2D eigenvalue weighted by molar-refractivity contribution is 9.10. The number of ether oxygens (including phenoxy) is 1. The van der Waals surface area contributed by atoms with E-state index in [0.717, 1.165) is 24.0 Å². The van der Waals surface area contributed by atoms with Crippen LogP contribution in [-0.4, -0.2) is 13.2 Å². The second kappa shape index (κ2) is 5.71. The number of rotatable bonds is 1. The summed E-state index contributed by atoms with van der Waals surface area (Å²) in [5, 5.41) is 3.32. The van der Waals surface area contributed by atoms with E-state index >= 15 is 0 Å². The Bertz CT molecular complexity index is 289. The molecule has 1 aliphatic rings. The second-order valence-corrected chi connectivity index (χ2v) is 4.03. The van der Waals surface area contributed by atoms with Crippen molar-refractivity contribution < 1.29 is 4.74 Å². The Labute approximate surface area is 98.6 Å². The zero-order chi connectivity index (χ0) is 9.10. The lowest BCUT2D eigenvalue weighted by Crippen LogP contribution is -2.31. The molecule has 1 N–H and O–H groups in total. The summed E-state index contributed by atoms with van der Waals surface area (Å²) in [7, 11) is 0. The molecule has 4 heteroatoms. The normalized spacial score (nSPS) is 21.4. The number of hydrogen-bond donors (Lipinski definition) is 1. The average molecular weight is 279 g/mol. The van der Waals surface area contributed by atoms with E-state index < -0.39 is 0 Å². The third kappa shape index (κ3) is 2.95. The van der Waals surface area contributed by atoms with Crippen molar-refractivity contribution in [1.82, 2.24) is 5.32 Å². The largest absolute Gasteiger partial charge is 0.359 e. The first-order chi connectivity index (χ1) is 6.36. The molecule has 2 rings (SSSR count). The van der Waals surface area contributed by atoms with Crippen LogP contribution in [0.2, 0.25) is 0 Å². The monoisotopic (exact) mass is 277 g/mol. The Kier molecular flexibility index (Phi) is 4.89. The predicted molar refractivity (Wildman–Crippen MR) is 62.7 cm³/mol. The molecule has 1 atom stereocenters. The van der Waals surface area contributed by atoms with Gasteiger partial charge in [-0.1, -0.05) is 28.1 Å². The van der Waals surface area contributed by atoms with Crippen molar-refractivity contribution in [3.63, 3.8) is 0 Å². The van der Waals surface area contributed by atoms with E-state index in [1.165, 1.54) is 5.56 Å². The fraction of sp³-hybridized carbons (Fsp3) is 0.400. The minimum atomic E-state index is 0. The van der Waals surface area contributed by atoms with Gasteiger partial charge in [0.05, 0.1) is 6.61 Å². The summed E-state index contributed by atoms with van der Waals surface area (Å²) >= 11 is 3.45. The number of nitrogens with one attached hydrogen (secondary N) is 1. The summed E-state index contributed by atoms with van der Waals surface area (Å²) in [6.45, 7) is 1.89. The van der Waals surface area contributed by atoms with Crippen molar-refractivity contribution in [1.29, 1.82) is 0 Å². The molecule has 1 aliphatic heterocycles. The summed E-state index contributed by atoms with van der Waals surface area (Å²) in [5.41, 5.74) is 1.19. The number of hydrogen-bond acceptors (Lipinski definition) is 2. The maximum absolute atomic E-state index is 5.59. The van der Waals surface area contributed by atoms with Gasteiger partial charge in [-0.25, -0.2) is 0 Å². The van der Waals surface area contributed by atoms with Gasteiger partial charge in [0.15, 0.2) is 0 Å². The van der Waals surface area contributed by atoms with E-state index in [1.807, 2.05) is 12.1 Å². The molecule has 0 aliphatic carbocycles. The molecule has 1 unspecified atom stereocenters. The molecule has 2 nitrogen and oxygen atoms in total. The first-order valence-corrected chi connectivity index (χ1v) is 5.26. The highest BCUT2D eigenvalue weighted by Crippen LogP contribution is 2.20. The van der Waals surface area contributed by atoms with Crippen LogP contribution in [0.4, 0.5) is 0 Å². The minimum absolute atomic E-state index is 0. The van der Waals surface area contributed by atoms with Gasteiger partial charge in [0.2, 0.25) is 0 Å². The molecule has 1 aromatic rings. The van der Waals surface area contributed by atoms with Gasteiger partial charge in [-0.15, -0.1) is 12.4 Å². The quantitative estimate of drug-likeness (QED) is 0.853. The van der Waals surface area contributed by atoms with Crippen molar-refractivity contribution in [2.24, 2.45) is 0 Å². The molecule has 1 saturated heterocycles. The molecule has 1 fully saturated rings. The third-order valence-corrected chi connectivity index (χ3v) is 2.58. The molecule has 0 saturated carbocycles. The SMILES string of the molecule is Brc1cccc(C2NCCCO2)c1.Cl. The summed E-state index contributed by atoms with van der Waals surface area (Å²) < 4.78 is 6.69.